The highest BCUT2D eigenvalue weighted by molar-refractivity contribution is 6.32. The van der Waals surface area contributed by atoms with Crippen molar-refractivity contribution in [2.24, 2.45) is 0 Å². The molecule has 0 amide bonds. The van der Waals surface area contributed by atoms with Gasteiger partial charge in [0.15, 0.2) is 0 Å². The third kappa shape index (κ3) is 4.37. The summed E-state index contributed by atoms with van der Waals surface area (Å²) in [6.07, 6.45) is -0.723. The van der Waals surface area contributed by atoms with Crippen molar-refractivity contribution in [3.63, 3.8) is 0 Å². The van der Waals surface area contributed by atoms with Crippen LogP contribution >= 0.6 is 23.2 Å². The number of pyridine rings is 1. The predicted molar refractivity (Wildman–Crippen MR) is 78.4 cm³/mol. The Morgan fingerprint density at radius 1 is 1.14 bits per heavy atom. The van der Waals surface area contributed by atoms with Gasteiger partial charge >= 0.3 is 6.18 Å². The van der Waals surface area contributed by atoms with E-state index < -0.39 is 11.7 Å². The number of hydrogen-bond acceptors (Lipinski definition) is 2. The highest BCUT2D eigenvalue weighted by Crippen LogP contribution is 2.31. The molecule has 1 heterocycles. The molecule has 0 aliphatic carbocycles. The average molecular weight is 333 g/mol. The molecule has 2 aromatic rings. The summed E-state index contributed by atoms with van der Waals surface area (Å²) in [6.45, 7) is 0. The molecule has 2 nitrogen and oxygen atoms in total. The lowest BCUT2D eigenvalue weighted by molar-refractivity contribution is -0.137. The quantitative estimate of drug-likeness (QED) is 0.803. The van der Waals surface area contributed by atoms with E-state index in [1.54, 1.807) is 24.3 Å². The Labute approximate surface area is 129 Å². The standard InChI is InChI=1S/C14H9Cl2F3N2/c15-10-2-1-3-11(7-10)20-5-4-13-12(16)6-9(8-21-13)14(17,18)19/h1-8,20H/b5-4+. The zero-order chi connectivity index (χ0) is 15.5. The van der Waals surface area contributed by atoms with Crippen LogP contribution in [0, 0.1) is 0 Å². The Morgan fingerprint density at radius 2 is 1.90 bits per heavy atom. The molecule has 0 atom stereocenters. The van der Waals surface area contributed by atoms with Crippen molar-refractivity contribution in [2.75, 3.05) is 5.32 Å². The molecule has 0 bridgehead atoms. The molecular weight excluding hydrogens is 324 g/mol. The molecule has 1 aromatic heterocycles. The lowest BCUT2D eigenvalue weighted by Gasteiger charge is -2.07. The zero-order valence-corrected chi connectivity index (χ0v) is 12.0. The molecule has 0 aliphatic rings. The summed E-state index contributed by atoms with van der Waals surface area (Å²) in [6, 6.07) is 7.83. The zero-order valence-electron chi connectivity index (χ0n) is 10.5. The van der Waals surface area contributed by atoms with Crippen molar-refractivity contribution < 1.29 is 13.2 Å². The summed E-state index contributed by atoms with van der Waals surface area (Å²) in [4.78, 5) is 3.69. The van der Waals surface area contributed by atoms with Crippen LogP contribution in [-0.2, 0) is 6.18 Å². The molecule has 2 rings (SSSR count). The van der Waals surface area contributed by atoms with Gasteiger partial charge in [-0.3, -0.25) is 4.98 Å². The summed E-state index contributed by atoms with van der Waals surface area (Å²) in [7, 11) is 0. The maximum atomic E-state index is 12.5. The number of nitrogens with one attached hydrogen (secondary N) is 1. The number of nitrogens with zero attached hydrogens (tertiary/aromatic N) is 1. The Kier molecular flexibility index (Phi) is 4.75. The van der Waals surface area contributed by atoms with Gasteiger partial charge in [-0.2, -0.15) is 13.2 Å². The molecule has 1 aromatic carbocycles. The van der Waals surface area contributed by atoms with Crippen LogP contribution < -0.4 is 5.32 Å². The molecule has 1 N–H and O–H groups in total. The van der Waals surface area contributed by atoms with E-state index in [1.165, 1.54) is 12.3 Å². The Hall–Kier alpha value is -1.72. The first-order valence-corrected chi connectivity index (χ1v) is 6.53. The average Bonchev–Trinajstić information content (AvgIpc) is 2.39. The minimum atomic E-state index is -4.46. The Balaban J connectivity index is 2.11. The first-order valence-electron chi connectivity index (χ1n) is 5.77. The van der Waals surface area contributed by atoms with Gasteiger partial charge in [-0.1, -0.05) is 29.3 Å². The van der Waals surface area contributed by atoms with Gasteiger partial charge in [-0.15, -0.1) is 0 Å². The molecule has 21 heavy (non-hydrogen) atoms. The fraction of sp³-hybridized carbons (Fsp3) is 0.0714. The van der Waals surface area contributed by atoms with Gasteiger partial charge in [0.1, 0.15) is 0 Å². The van der Waals surface area contributed by atoms with Gasteiger partial charge < -0.3 is 5.32 Å². The van der Waals surface area contributed by atoms with Crippen molar-refractivity contribution in [1.82, 2.24) is 4.98 Å². The van der Waals surface area contributed by atoms with Gasteiger partial charge in [-0.05, 0) is 30.3 Å². The van der Waals surface area contributed by atoms with Crippen molar-refractivity contribution in [3.05, 3.63) is 64.0 Å². The minimum absolute atomic E-state index is 0.0750. The van der Waals surface area contributed by atoms with E-state index in [-0.39, 0.29) is 10.7 Å². The second-order valence-corrected chi connectivity index (χ2v) is 4.92. The molecule has 0 saturated carbocycles. The van der Waals surface area contributed by atoms with Crippen LogP contribution in [-0.4, -0.2) is 4.98 Å². The molecule has 0 aliphatic heterocycles. The molecule has 0 radical (unpaired) electrons. The fourth-order valence-electron chi connectivity index (χ4n) is 1.52. The smallest absolute Gasteiger partial charge is 0.362 e. The fourth-order valence-corrected chi connectivity index (χ4v) is 1.94. The molecule has 110 valence electrons. The highest BCUT2D eigenvalue weighted by atomic mass is 35.5. The number of aromatic nitrogens is 1. The van der Waals surface area contributed by atoms with Gasteiger partial charge in [0.05, 0.1) is 16.3 Å². The van der Waals surface area contributed by atoms with Gasteiger partial charge in [0, 0.05) is 23.1 Å². The topological polar surface area (TPSA) is 24.9 Å². The third-order valence-electron chi connectivity index (χ3n) is 2.51. The van der Waals surface area contributed by atoms with Crippen molar-refractivity contribution >= 4 is 35.0 Å². The van der Waals surface area contributed by atoms with E-state index in [9.17, 15) is 13.2 Å². The molecule has 0 saturated heterocycles. The van der Waals surface area contributed by atoms with Crippen molar-refractivity contribution in [1.29, 1.82) is 0 Å². The van der Waals surface area contributed by atoms with Crippen LogP contribution in [0.25, 0.3) is 6.08 Å². The van der Waals surface area contributed by atoms with E-state index in [4.69, 9.17) is 23.2 Å². The molecular formula is C14H9Cl2F3N2. The van der Waals surface area contributed by atoms with E-state index in [0.29, 0.717) is 5.02 Å². The lowest BCUT2D eigenvalue weighted by Crippen LogP contribution is -2.05. The largest absolute Gasteiger partial charge is 0.417 e. The number of benzene rings is 1. The number of hydrogen-bond donors (Lipinski definition) is 1. The van der Waals surface area contributed by atoms with Crippen LogP contribution in [0.5, 0.6) is 0 Å². The normalized spacial score (nSPS) is 11.9. The van der Waals surface area contributed by atoms with E-state index in [1.807, 2.05) is 0 Å². The molecule has 7 heteroatoms. The van der Waals surface area contributed by atoms with Gasteiger partial charge in [0.2, 0.25) is 0 Å². The number of anilines is 1. The first kappa shape index (κ1) is 15.7. The summed E-state index contributed by atoms with van der Waals surface area (Å²) in [5, 5.41) is 3.41. The number of rotatable bonds is 3. The summed E-state index contributed by atoms with van der Waals surface area (Å²) in [5.41, 5.74) is 0.0911. The summed E-state index contributed by atoms with van der Waals surface area (Å²) < 4.78 is 37.4. The summed E-state index contributed by atoms with van der Waals surface area (Å²) in [5.74, 6) is 0. The Morgan fingerprint density at radius 3 is 2.52 bits per heavy atom. The predicted octanol–water partition coefficient (Wildman–Crippen LogP) is 5.49. The van der Waals surface area contributed by atoms with Crippen LogP contribution in [0.4, 0.5) is 18.9 Å². The first-order chi connectivity index (χ1) is 9.86. The van der Waals surface area contributed by atoms with Crippen molar-refractivity contribution in [3.8, 4) is 0 Å². The number of halogens is 5. The van der Waals surface area contributed by atoms with Crippen LogP contribution in [0.1, 0.15) is 11.3 Å². The Bertz CT molecular complexity index is 670. The van der Waals surface area contributed by atoms with E-state index >= 15 is 0 Å². The van der Waals surface area contributed by atoms with Crippen molar-refractivity contribution in [2.45, 2.75) is 6.18 Å². The molecule has 0 unspecified atom stereocenters. The SMILES string of the molecule is FC(F)(F)c1cnc(/C=C/Nc2cccc(Cl)c2)c(Cl)c1. The van der Waals surface area contributed by atoms with Crippen LogP contribution in [0.15, 0.2) is 42.7 Å². The van der Waals surface area contributed by atoms with Crippen LogP contribution in [0.2, 0.25) is 10.0 Å². The highest BCUT2D eigenvalue weighted by Gasteiger charge is 2.31. The summed E-state index contributed by atoms with van der Waals surface area (Å²) >= 11 is 11.6. The van der Waals surface area contributed by atoms with E-state index in [0.717, 1.165) is 18.0 Å². The van der Waals surface area contributed by atoms with Gasteiger partial charge in [-0.25, -0.2) is 0 Å². The lowest BCUT2D eigenvalue weighted by atomic mass is 10.2. The third-order valence-corrected chi connectivity index (χ3v) is 3.05. The monoisotopic (exact) mass is 332 g/mol. The number of alkyl halides is 3. The maximum absolute atomic E-state index is 12.5. The second-order valence-electron chi connectivity index (χ2n) is 4.08. The maximum Gasteiger partial charge on any atom is 0.417 e. The van der Waals surface area contributed by atoms with Crippen LogP contribution in [0.3, 0.4) is 0 Å². The van der Waals surface area contributed by atoms with Gasteiger partial charge in [0.25, 0.3) is 0 Å². The minimum Gasteiger partial charge on any atom is -0.362 e. The molecule has 0 spiro atoms. The molecule has 0 fully saturated rings. The second kappa shape index (κ2) is 6.37. The van der Waals surface area contributed by atoms with E-state index in [2.05, 4.69) is 10.3 Å².